The van der Waals surface area contributed by atoms with Crippen LogP contribution in [0.4, 0.5) is 0 Å². The van der Waals surface area contributed by atoms with E-state index in [1.54, 1.807) is 0 Å². The van der Waals surface area contributed by atoms with E-state index in [0.29, 0.717) is 0 Å². The maximum absolute atomic E-state index is 2.29. The van der Waals surface area contributed by atoms with Crippen molar-refractivity contribution in [3.63, 3.8) is 0 Å². The van der Waals surface area contributed by atoms with Gasteiger partial charge in [0.15, 0.2) is 0 Å². The smallest absolute Gasteiger partial charge is 0.0611 e. The van der Waals surface area contributed by atoms with E-state index >= 15 is 0 Å². The van der Waals surface area contributed by atoms with Gasteiger partial charge in [-0.3, -0.25) is 0 Å². The average Bonchev–Trinajstić information content (AvgIpc) is 2.57. The second kappa shape index (κ2) is 4.16. The van der Waals surface area contributed by atoms with E-state index in [1.807, 2.05) is 23.1 Å². The molecular formula is C11H12S2. The monoisotopic (exact) mass is 208 g/mol. The summed E-state index contributed by atoms with van der Waals surface area (Å²) in [4.78, 5) is 0. The van der Waals surface area contributed by atoms with Crippen LogP contribution >= 0.6 is 23.1 Å². The topological polar surface area (TPSA) is 0 Å². The van der Waals surface area contributed by atoms with Gasteiger partial charge in [0.1, 0.15) is 0 Å². The van der Waals surface area contributed by atoms with Crippen molar-refractivity contribution in [1.29, 1.82) is 0 Å². The van der Waals surface area contributed by atoms with Crippen LogP contribution in [-0.2, 0) is 0 Å². The first-order valence-corrected chi connectivity index (χ1v) is 6.31. The zero-order chi connectivity index (χ0) is 9.10. The van der Waals surface area contributed by atoms with Crippen molar-refractivity contribution in [3.8, 4) is 0 Å². The van der Waals surface area contributed by atoms with Gasteiger partial charge >= 0.3 is 0 Å². The van der Waals surface area contributed by atoms with E-state index in [0.717, 1.165) is 0 Å². The van der Waals surface area contributed by atoms with Crippen LogP contribution < -0.4 is 0 Å². The lowest BCUT2D eigenvalue weighted by Crippen LogP contribution is -1.68. The summed E-state index contributed by atoms with van der Waals surface area (Å²) in [5.41, 5.74) is 0. The molecule has 2 heteroatoms. The molecule has 1 aromatic heterocycles. The third-order valence-electron chi connectivity index (χ3n) is 1.85. The summed E-state index contributed by atoms with van der Waals surface area (Å²) in [5.74, 6) is 1.23. The van der Waals surface area contributed by atoms with Gasteiger partial charge in [0.2, 0.25) is 0 Å². The standard InChI is InChI=1S/C11H12S2/c1-2-7-12-11-8-9-5-3-4-6-10(9)13-11/h3-6,8H,2,7H2,1H3. The molecule has 0 atom stereocenters. The zero-order valence-electron chi connectivity index (χ0n) is 7.62. The molecule has 0 bridgehead atoms. The normalized spacial score (nSPS) is 10.8. The molecule has 2 rings (SSSR count). The summed E-state index contributed by atoms with van der Waals surface area (Å²) in [6.45, 7) is 2.22. The van der Waals surface area contributed by atoms with Crippen LogP contribution in [-0.4, -0.2) is 5.75 Å². The highest BCUT2D eigenvalue weighted by atomic mass is 32.2. The Morgan fingerprint density at radius 2 is 2.15 bits per heavy atom. The molecule has 0 amide bonds. The lowest BCUT2D eigenvalue weighted by Gasteiger charge is -1.90. The minimum absolute atomic E-state index is 1.23. The number of hydrogen-bond donors (Lipinski definition) is 0. The Labute approximate surface area is 87.0 Å². The number of thiophene rings is 1. The third-order valence-corrected chi connectivity index (χ3v) is 4.38. The summed E-state index contributed by atoms with van der Waals surface area (Å²) >= 11 is 3.86. The molecule has 0 N–H and O–H groups in total. The van der Waals surface area contributed by atoms with Crippen LogP contribution in [0.2, 0.25) is 0 Å². The maximum atomic E-state index is 2.29. The molecule has 13 heavy (non-hydrogen) atoms. The summed E-state index contributed by atoms with van der Waals surface area (Å²) in [6.07, 6.45) is 1.25. The fourth-order valence-electron chi connectivity index (χ4n) is 1.23. The predicted molar refractivity (Wildman–Crippen MR) is 62.8 cm³/mol. The Morgan fingerprint density at radius 3 is 2.92 bits per heavy atom. The number of thioether (sulfide) groups is 1. The highest BCUT2D eigenvalue weighted by Crippen LogP contribution is 2.32. The van der Waals surface area contributed by atoms with Gasteiger partial charge in [-0.25, -0.2) is 0 Å². The fourth-order valence-corrected chi connectivity index (χ4v) is 3.40. The second-order valence-corrected chi connectivity index (χ2v) is 5.43. The summed E-state index contributed by atoms with van der Waals surface area (Å²) < 4.78 is 2.85. The first kappa shape index (κ1) is 9.10. The zero-order valence-corrected chi connectivity index (χ0v) is 9.25. The van der Waals surface area contributed by atoms with Crippen molar-refractivity contribution in [2.75, 3.05) is 5.75 Å². The molecule has 0 fully saturated rings. The molecule has 2 aromatic rings. The Balaban J connectivity index is 2.28. The Morgan fingerprint density at radius 1 is 1.31 bits per heavy atom. The van der Waals surface area contributed by atoms with Gasteiger partial charge in [0, 0.05) is 4.70 Å². The number of rotatable bonds is 3. The summed E-state index contributed by atoms with van der Waals surface area (Å²) in [5, 5.41) is 1.38. The third kappa shape index (κ3) is 2.06. The molecule has 0 saturated carbocycles. The summed E-state index contributed by atoms with van der Waals surface area (Å²) in [7, 11) is 0. The number of hydrogen-bond acceptors (Lipinski definition) is 2. The van der Waals surface area contributed by atoms with E-state index < -0.39 is 0 Å². The van der Waals surface area contributed by atoms with Crippen molar-refractivity contribution in [3.05, 3.63) is 30.3 Å². The largest absolute Gasteiger partial charge is 0.129 e. The average molecular weight is 208 g/mol. The molecule has 0 saturated heterocycles. The van der Waals surface area contributed by atoms with E-state index in [-0.39, 0.29) is 0 Å². The van der Waals surface area contributed by atoms with Crippen LogP contribution in [0.3, 0.4) is 0 Å². The van der Waals surface area contributed by atoms with E-state index in [1.165, 1.54) is 26.5 Å². The lowest BCUT2D eigenvalue weighted by molar-refractivity contribution is 1.11. The van der Waals surface area contributed by atoms with Crippen LogP contribution in [0.25, 0.3) is 10.1 Å². The number of fused-ring (bicyclic) bond motifs is 1. The molecule has 1 aromatic carbocycles. The molecular weight excluding hydrogens is 196 g/mol. The first-order valence-electron chi connectivity index (χ1n) is 4.51. The van der Waals surface area contributed by atoms with Crippen molar-refractivity contribution in [2.24, 2.45) is 0 Å². The maximum Gasteiger partial charge on any atom is 0.0611 e. The molecule has 0 radical (unpaired) electrons. The molecule has 68 valence electrons. The summed E-state index contributed by atoms with van der Waals surface area (Å²) in [6, 6.07) is 10.9. The lowest BCUT2D eigenvalue weighted by atomic mass is 10.3. The predicted octanol–water partition coefficient (Wildman–Crippen LogP) is 4.40. The molecule has 0 nitrogen and oxygen atoms in total. The molecule has 0 spiro atoms. The molecule has 0 aliphatic carbocycles. The molecule has 0 aliphatic heterocycles. The van der Waals surface area contributed by atoms with Gasteiger partial charge in [-0.15, -0.1) is 23.1 Å². The van der Waals surface area contributed by atoms with Gasteiger partial charge < -0.3 is 0 Å². The van der Waals surface area contributed by atoms with Crippen molar-refractivity contribution in [2.45, 2.75) is 17.6 Å². The van der Waals surface area contributed by atoms with Gasteiger partial charge in [-0.1, -0.05) is 25.1 Å². The highest BCUT2D eigenvalue weighted by Gasteiger charge is 1.99. The number of benzene rings is 1. The van der Waals surface area contributed by atoms with Crippen molar-refractivity contribution in [1.82, 2.24) is 0 Å². The molecule has 0 aliphatic rings. The van der Waals surface area contributed by atoms with Crippen LogP contribution in [0.15, 0.2) is 34.5 Å². The van der Waals surface area contributed by atoms with Crippen molar-refractivity contribution < 1.29 is 0 Å². The van der Waals surface area contributed by atoms with E-state index in [9.17, 15) is 0 Å². The first-order chi connectivity index (χ1) is 6.40. The van der Waals surface area contributed by atoms with Crippen LogP contribution in [0, 0.1) is 0 Å². The second-order valence-electron chi connectivity index (χ2n) is 2.95. The van der Waals surface area contributed by atoms with Gasteiger partial charge in [0.25, 0.3) is 0 Å². The fraction of sp³-hybridized carbons (Fsp3) is 0.273. The highest BCUT2D eigenvalue weighted by molar-refractivity contribution is 8.01. The Kier molecular flexibility index (Phi) is 2.91. The Bertz CT molecular complexity index is 357. The van der Waals surface area contributed by atoms with Crippen LogP contribution in [0.1, 0.15) is 13.3 Å². The SMILES string of the molecule is CCCSc1cc2ccccc2s1. The van der Waals surface area contributed by atoms with Crippen molar-refractivity contribution >= 4 is 33.2 Å². The van der Waals surface area contributed by atoms with Crippen LogP contribution in [0.5, 0.6) is 0 Å². The quantitative estimate of drug-likeness (QED) is 0.674. The minimum Gasteiger partial charge on any atom is -0.129 e. The molecule has 1 heterocycles. The van der Waals surface area contributed by atoms with E-state index in [4.69, 9.17) is 0 Å². The molecule has 0 unspecified atom stereocenters. The van der Waals surface area contributed by atoms with Gasteiger partial charge in [-0.05, 0) is 29.7 Å². The van der Waals surface area contributed by atoms with Gasteiger partial charge in [-0.2, -0.15) is 0 Å². The Hall–Kier alpha value is -0.470. The van der Waals surface area contributed by atoms with E-state index in [2.05, 4.69) is 37.3 Å². The van der Waals surface area contributed by atoms with Gasteiger partial charge in [0.05, 0.1) is 4.21 Å². The minimum atomic E-state index is 1.23.